The van der Waals surface area contributed by atoms with E-state index in [1.165, 1.54) is 5.56 Å². The number of carbonyl (C=O) groups is 1. The maximum Gasteiger partial charge on any atom is 0.193 e. The van der Waals surface area contributed by atoms with Gasteiger partial charge in [0, 0.05) is 16.1 Å². The molecule has 0 aliphatic heterocycles. The number of carbonyl (C=O) groups excluding carboxylic acids is 1. The zero-order valence-corrected chi connectivity index (χ0v) is 11.9. The maximum atomic E-state index is 12.4. The number of halogens is 1. The van der Waals surface area contributed by atoms with E-state index in [-0.39, 0.29) is 5.78 Å². The molecule has 2 rings (SSSR count). The molecule has 0 atom stereocenters. The summed E-state index contributed by atoms with van der Waals surface area (Å²) in [5.41, 5.74) is 2.55. The molecule has 0 aliphatic carbocycles. The normalized spacial score (nSPS) is 10.7. The van der Waals surface area contributed by atoms with Crippen LogP contribution in [0.2, 0.25) is 5.02 Å². The van der Waals surface area contributed by atoms with Gasteiger partial charge in [0.05, 0.1) is 0 Å². The summed E-state index contributed by atoms with van der Waals surface area (Å²) >= 11 is 5.92. The highest BCUT2D eigenvalue weighted by molar-refractivity contribution is 6.31. The van der Waals surface area contributed by atoms with Crippen LogP contribution in [0, 0.1) is 5.92 Å². The molecule has 0 unspecified atom stereocenters. The third-order valence-corrected chi connectivity index (χ3v) is 3.16. The fourth-order valence-corrected chi connectivity index (χ4v) is 2.30. The molecule has 2 heteroatoms. The van der Waals surface area contributed by atoms with Crippen molar-refractivity contribution in [3.05, 3.63) is 70.2 Å². The van der Waals surface area contributed by atoms with Crippen LogP contribution in [-0.4, -0.2) is 5.78 Å². The molecule has 19 heavy (non-hydrogen) atoms. The van der Waals surface area contributed by atoms with Crippen LogP contribution in [-0.2, 0) is 6.42 Å². The van der Waals surface area contributed by atoms with Gasteiger partial charge in [-0.25, -0.2) is 0 Å². The topological polar surface area (TPSA) is 17.1 Å². The summed E-state index contributed by atoms with van der Waals surface area (Å²) in [5, 5.41) is 0.587. The standard InChI is InChI=1S/C17H17ClO/c1-12(2)9-13-5-3-6-14(10-13)17(19)15-7-4-8-16(18)11-15/h3-8,10-12H,9H2,1-2H3. The smallest absolute Gasteiger partial charge is 0.193 e. The molecule has 0 spiro atoms. The zero-order valence-electron chi connectivity index (χ0n) is 11.2. The van der Waals surface area contributed by atoms with Crippen molar-refractivity contribution >= 4 is 17.4 Å². The highest BCUT2D eigenvalue weighted by Crippen LogP contribution is 2.17. The minimum absolute atomic E-state index is 0.0214. The van der Waals surface area contributed by atoms with E-state index < -0.39 is 0 Å². The molecule has 0 aromatic heterocycles. The molecule has 1 nitrogen and oxygen atoms in total. The van der Waals surface area contributed by atoms with E-state index in [0.29, 0.717) is 16.5 Å². The summed E-state index contributed by atoms with van der Waals surface area (Å²) in [6.45, 7) is 4.34. The summed E-state index contributed by atoms with van der Waals surface area (Å²) in [6.07, 6.45) is 0.983. The minimum Gasteiger partial charge on any atom is -0.289 e. The number of ketones is 1. The van der Waals surface area contributed by atoms with Crippen LogP contribution >= 0.6 is 11.6 Å². The van der Waals surface area contributed by atoms with Crippen molar-refractivity contribution in [2.75, 3.05) is 0 Å². The van der Waals surface area contributed by atoms with Crippen molar-refractivity contribution in [2.45, 2.75) is 20.3 Å². The van der Waals surface area contributed by atoms with E-state index in [1.807, 2.05) is 18.2 Å². The van der Waals surface area contributed by atoms with E-state index in [4.69, 9.17) is 11.6 Å². The Hall–Kier alpha value is -1.60. The molecule has 2 aromatic carbocycles. The van der Waals surface area contributed by atoms with Crippen molar-refractivity contribution in [1.29, 1.82) is 0 Å². The fourth-order valence-electron chi connectivity index (χ4n) is 2.11. The molecule has 0 bridgehead atoms. The summed E-state index contributed by atoms with van der Waals surface area (Å²) in [7, 11) is 0. The molecule has 98 valence electrons. The molecule has 0 saturated heterocycles. The molecule has 0 heterocycles. The fraction of sp³-hybridized carbons (Fsp3) is 0.235. The Kier molecular flexibility index (Phi) is 4.39. The lowest BCUT2D eigenvalue weighted by molar-refractivity contribution is 0.103. The predicted octanol–water partition coefficient (Wildman–Crippen LogP) is 4.77. The van der Waals surface area contributed by atoms with Crippen LogP contribution in [0.15, 0.2) is 48.5 Å². The number of rotatable bonds is 4. The van der Waals surface area contributed by atoms with Crippen LogP contribution in [0.1, 0.15) is 35.3 Å². The van der Waals surface area contributed by atoms with E-state index >= 15 is 0 Å². The second-order valence-electron chi connectivity index (χ2n) is 5.14. The van der Waals surface area contributed by atoms with Gasteiger partial charge in [-0.15, -0.1) is 0 Å². The monoisotopic (exact) mass is 272 g/mol. The van der Waals surface area contributed by atoms with Gasteiger partial charge in [-0.3, -0.25) is 4.79 Å². The predicted molar refractivity (Wildman–Crippen MR) is 79.9 cm³/mol. The van der Waals surface area contributed by atoms with E-state index in [2.05, 4.69) is 19.9 Å². The summed E-state index contributed by atoms with van der Waals surface area (Å²) < 4.78 is 0. The van der Waals surface area contributed by atoms with Gasteiger partial charge in [0.25, 0.3) is 0 Å². The lowest BCUT2D eigenvalue weighted by atomic mass is 9.97. The van der Waals surface area contributed by atoms with Gasteiger partial charge in [-0.2, -0.15) is 0 Å². The Morgan fingerprint density at radius 1 is 1.05 bits per heavy atom. The summed E-state index contributed by atoms with van der Waals surface area (Å²) in [6, 6.07) is 14.9. The van der Waals surface area contributed by atoms with Crippen LogP contribution in [0.25, 0.3) is 0 Å². The Morgan fingerprint density at radius 2 is 1.68 bits per heavy atom. The number of benzene rings is 2. The van der Waals surface area contributed by atoms with Crippen molar-refractivity contribution in [3.63, 3.8) is 0 Å². The highest BCUT2D eigenvalue weighted by Gasteiger charge is 2.10. The van der Waals surface area contributed by atoms with E-state index in [9.17, 15) is 4.79 Å². The molecule has 0 saturated carbocycles. The first-order valence-corrected chi connectivity index (χ1v) is 6.83. The van der Waals surface area contributed by atoms with Gasteiger partial charge in [0.2, 0.25) is 0 Å². The first-order valence-electron chi connectivity index (χ1n) is 6.45. The molecule has 0 amide bonds. The molecule has 2 aromatic rings. The molecule has 0 radical (unpaired) electrons. The Labute approximate surface area is 119 Å². The Bertz CT molecular complexity index is 587. The second-order valence-corrected chi connectivity index (χ2v) is 5.57. The van der Waals surface area contributed by atoms with Gasteiger partial charge in [0.15, 0.2) is 5.78 Å². The average Bonchev–Trinajstić information content (AvgIpc) is 2.37. The molecule has 0 fully saturated rings. The van der Waals surface area contributed by atoms with Gasteiger partial charge in [-0.05, 0) is 36.1 Å². The third-order valence-electron chi connectivity index (χ3n) is 2.92. The van der Waals surface area contributed by atoms with Crippen LogP contribution in [0.5, 0.6) is 0 Å². The van der Waals surface area contributed by atoms with Crippen LogP contribution in [0.3, 0.4) is 0 Å². The maximum absolute atomic E-state index is 12.4. The SMILES string of the molecule is CC(C)Cc1cccc(C(=O)c2cccc(Cl)c2)c1. The minimum atomic E-state index is 0.0214. The van der Waals surface area contributed by atoms with Crippen molar-refractivity contribution in [1.82, 2.24) is 0 Å². The quantitative estimate of drug-likeness (QED) is 0.733. The average molecular weight is 273 g/mol. The molecule has 0 N–H and O–H groups in total. The van der Waals surface area contributed by atoms with Gasteiger partial charge < -0.3 is 0 Å². The number of hydrogen-bond acceptors (Lipinski definition) is 1. The Balaban J connectivity index is 2.29. The van der Waals surface area contributed by atoms with Crippen molar-refractivity contribution in [3.8, 4) is 0 Å². The highest BCUT2D eigenvalue weighted by atomic mass is 35.5. The molecular formula is C17H17ClO. The Morgan fingerprint density at radius 3 is 2.32 bits per heavy atom. The van der Waals surface area contributed by atoms with Gasteiger partial charge >= 0.3 is 0 Å². The summed E-state index contributed by atoms with van der Waals surface area (Å²) in [4.78, 5) is 12.4. The van der Waals surface area contributed by atoms with Crippen molar-refractivity contribution in [2.24, 2.45) is 5.92 Å². The van der Waals surface area contributed by atoms with Crippen LogP contribution in [0.4, 0.5) is 0 Å². The number of hydrogen-bond donors (Lipinski definition) is 0. The zero-order chi connectivity index (χ0) is 13.8. The lowest BCUT2D eigenvalue weighted by Gasteiger charge is -2.07. The molecular weight excluding hydrogens is 256 g/mol. The molecule has 0 aliphatic rings. The van der Waals surface area contributed by atoms with E-state index in [1.54, 1.807) is 24.3 Å². The first-order chi connectivity index (χ1) is 9.06. The lowest BCUT2D eigenvalue weighted by Crippen LogP contribution is -2.03. The van der Waals surface area contributed by atoms with Gasteiger partial charge in [0.1, 0.15) is 0 Å². The largest absolute Gasteiger partial charge is 0.289 e. The summed E-state index contributed by atoms with van der Waals surface area (Å²) in [5.74, 6) is 0.602. The van der Waals surface area contributed by atoms with Crippen LogP contribution < -0.4 is 0 Å². The first kappa shape index (κ1) is 13.8. The third kappa shape index (κ3) is 3.68. The second kappa shape index (κ2) is 6.03. The van der Waals surface area contributed by atoms with Gasteiger partial charge in [-0.1, -0.05) is 55.8 Å². The van der Waals surface area contributed by atoms with Crippen molar-refractivity contribution < 1.29 is 4.79 Å². The van der Waals surface area contributed by atoms with E-state index in [0.717, 1.165) is 12.0 Å².